The Morgan fingerprint density at radius 1 is 1.17 bits per heavy atom. The van der Waals surface area contributed by atoms with E-state index in [9.17, 15) is 4.79 Å². The third kappa shape index (κ3) is 4.67. The summed E-state index contributed by atoms with van der Waals surface area (Å²) in [7, 11) is 0. The van der Waals surface area contributed by atoms with Crippen LogP contribution in [0.3, 0.4) is 0 Å². The number of nitrogens with one attached hydrogen (secondary N) is 1. The van der Waals surface area contributed by atoms with Crippen LogP contribution in [0.15, 0.2) is 36.7 Å². The summed E-state index contributed by atoms with van der Waals surface area (Å²) >= 11 is 7.58. The summed E-state index contributed by atoms with van der Waals surface area (Å²) < 4.78 is 0.828. The van der Waals surface area contributed by atoms with Gasteiger partial charge in [-0.1, -0.05) is 11.6 Å². The van der Waals surface area contributed by atoms with Crippen LogP contribution in [0.1, 0.15) is 10.4 Å². The zero-order valence-electron chi connectivity index (χ0n) is 12.7. The molecule has 1 aliphatic heterocycles. The van der Waals surface area contributed by atoms with Crippen molar-refractivity contribution in [2.24, 2.45) is 0 Å². The SMILES string of the molecule is O=C(NCc1ccncc1)N1CCN(Cc2ccc(Cl)s2)CC1. The first-order valence-corrected chi connectivity index (χ1v) is 8.78. The molecule has 0 bridgehead atoms. The fraction of sp³-hybridized carbons (Fsp3) is 0.375. The Morgan fingerprint density at radius 2 is 1.91 bits per heavy atom. The fourth-order valence-electron chi connectivity index (χ4n) is 2.56. The van der Waals surface area contributed by atoms with E-state index in [2.05, 4.69) is 21.3 Å². The van der Waals surface area contributed by atoms with E-state index in [0.29, 0.717) is 6.54 Å². The maximum absolute atomic E-state index is 12.2. The molecule has 2 aromatic heterocycles. The molecule has 7 heteroatoms. The van der Waals surface area contributed by atoms with Crippen molar-refractivity contribution in [1.82, 2.24) is 20.1 Å². The predicted octanol–water partition coefficient (Wildman–Crippen LogP) is 2.82. The van der Waals surface area contributed by atoms with Gasteiger partial charge < -0.3 is 10.2 Å². The molecule has 0 saturated carbocycles. The standard InChI is InChI=1S/C16H19ClN4OS/c17-15-2-1-14(23-15)12-20-7-9-21(10-8-20)16(22)19-11-13-3-5-18-6-4-13/h1-6H,7-12H2,(H,19,22). The lowest BCUT2D eigenvalue weighted by molar-refractivity contribution is 0.135. The van der Waals surface area contributed by atoms with Crippen molar-refractivity contribution in [3.8, 4) is 0 Å². The van der Waals surface area contributed by atoms with E-state index in [1.165, 1.54) is 4.88 Å². The van der Waals surface area contributed by atoms with Crippen LogP contribution in [0.25, 0.3) is 0 Å². The molecule has 23 heavy (non-hydrogen) atoms. The highest BCUT2D eigenvalue weighted by Gasteiger charge is 2.21. The molecular formula is C16H19ClN4OS. The zero-order valence-corrected chi connectivity index (χ0v) is 14.3. The van der Waals surface area contributed by atoms with Crippen molar-refractivity contribution in [1.29, 1.82) is 0 Å². The van der Waals surface area contributed by atoms with Gasteiger partial charge in [0.05, 0.1) is 4.34 Å². The fourth-order valence-corrected chi connectivity index (χ4v) is 3.69. The Balaban J connectivity index is 1.42. The number of halogens is 1. The van der Waals surface area contributed by atoms with Crippen LogP contribution in [0.5, 0.6) is 0 Å². The van der Waals surface area contributed by atoms with Crippen LogP contribution < -0.4 is 5.32 Å². The first-order valence-electron chi connectivity index (χ1n) is 7.59. The number of aromatic nitrogens is 1. The van der Waals surface area contributed by atoms with Gasteiger partial charge >= 0.3 is 6.03 Å². The van der Waals surface area contributed by atoms with Crippen molar-refractivity contribution in [2.45, 2.75) is 13.1 Å². The number of amides is 2. The molecule has 0 aliphatic carbocycles. The molecule has 1 saturated heterocycles. The normalized spacial score (nSPS) is 15.6. The number of carbonyl (C=O) groups is 1. The molecule has 2 amide bonds. The smallest absolute Gasteiger partial charge is 0.317 e. The van der Waals surface area contributed by atoms with Gasteiger partial charge in [0.1, 0.15) is 0 Å². The van der Waals surface area contributed by atoms with E-state index in [1.54, 1.807) is 23.7 Å². The van der Waals surface area contributed by atoms with Gasteiger partial charge in [0.15, 0.2) is 0 Å². The Bertz CT molecular complexity index is 641. The van der Waals surface area contributed by atoms with Crippen LogP contribution in [-0.2, 0) is 13.1 Å². The molecule has 0 spiro atoms. The Labute approximate surface area is 144 Å². The Kier molecular flexibility index (Phi) is 5.48. The second-order valence-electron chi connectivity index (χ2n) is 5.48. The van der Waals surface area contributed by atoms with Gasteiger partial charge in [-0.2, -0.15) is 0 Å². The summed E-state index contributed by atoms with van der Waals surface area (Å²) in [5, 5.41) is 2.96. The van der Waals surface area contributed by atoms with Crippen molar-refractivity contribution >= 4 is 29.0 Å². The molecule has 0 unspecified atom stereocenters. The highest BCUT2D eigenvalue weighted by molar-refractivity contribution is 7.16. The minimum absolute atomic E-state index is 0.000584. The summed E-state index contributed by atoms with van der Waals surface area (Å²) in [5.41, 5.74) is 1.06. The average Bonchev–Trinajstić information content (AvgIpc) is 2.99. The van der Waals surface area contributed by atoms with Crippen molar-refractivity contribution in [3.05, 3.63) is 51.4 Å². The molecule has 3 heterocycles. The van der Waals surface area contributed by atoms with E-state index < -0.39 is 0 Å². The first-order chi connectivity index (χ1) is 11.2. The van der Waals surface area contributed by atoms with Gasteiger partial charge in [-0.3, -0.25) is 9.88 Å². The molecule has 122 valence electrons. The van der Waals surface area contributed by atoms with Crippen LogP contribution in [0, 0.1) is 0 Å². The van der Waals surface area contributed by atoms with Crippen molar-refractivity contribution < 1.29 is 4.79 Å². The highest BCUT2D eigenvalue weighted by atomic mass is 35.5. The molecule has 0 radical (unpaired) electrons. The maximum atomic E-state index is 12.2. The second-order valence-corrected chi connectivity index (χ2v) is 7.28. The number of urea groups is 1. The lowest BCUT2D eigenvalue weighted by Gasteiger charge is -2.34. The maximum Gasteiger partial charge on any atom is 0.317 e. The average molecular weight is 351 g/mol. The molecule has 0 aromatic carbocycles. The summed E-state index contributed by atoms with van der Waals surface area (Å²) in [6, 6.07) is 7.82. The molecule has 1 N–H and O–H groups in total. The summed E-state index contributed by atoms with van der Waals surface area (Å²) in [4.78, 5) is 21.7. The summed E-state index contributed by atoms with van der Waals surface area (Å²) in [6.45, 7) is 4.72. The van der Waals surface area contributed by atoms with Crippen molar-refractivity contribution in [3.63, 3.8) is 0 Å². The molecule has 3 rings (SSSR count). The highest BCUT2D eigenvalue weighted by Crippen LogP contribution is 2.23. The Hall–Kier alpha value is -1.63. The minimum atomic E-state index is 0.000584. The molecule has 5 nitrogen and oxygen atoms in total. The number of piperazine rings is 1. The Morgan fingerprint density at radius 3 is 2.57 bits per heavy atom. The number of rotatable bonds is 4. The van der Waals surface area contributed by atoms with E-state index >= 15 is 0 Å². The lowest BCUT2D eigenvalue weighted by Crippen LogP contribution is -2.51. The van der Waals surface area contributed by atoms with Gasteiger partial charge in [0, 0.05) is 56.5 Å². The van der Waals surface area contributed by atoms with E-state index in [0.717, 1.165) is 42.6 Å². The third-order valence-corrected chi connectivity index (χ3v) is 5.08. The van der Waals surface area contributed by atoms with Crippen LogP contribution in [0.2, 0.25) is 4.34 Å². The molecule has 1 aliphatic rings. The molecule has 2 aromatic rings. The predicted molar refractivity (Wildman–Crippen MR) is 92.7 cm³/mol. The molecular weight excluding hydrogens is 332 g/mol. The number of hydrogen-bond donors (Lipinski definition) is 1. The zero-order chi connectivity index (χ0) is 16.1. The van der Waals surface area contributed by atoms with E-state index in [-0.39, 0.29) is 6.03 Å². The summed E-state index contributed by atoms with van der Waals surface area (Å²) in [6.07, 6.45) is 3.47. The monoisotopic (exact) mass is 350 g/mol. The van der Waals surface area contributed by atoms with E-state index in [1.807, 2.05) is 23.1 Å². The molecule has 0 atom stereocenters. The number of pyridine rings is 1. The number of carbonyl (C=O) groups excluding carboxylic acids is 1. The minimum Gasteiger partial charge on any atom is -0.334 e. The van der Waals surface area contributed by atoms with Crippen LogP contribution >= 0.6 is 22.9 Å². The van der Waals surface area contributed by atoms with E-state index in [4.69, 9.17) is 11.6 Å². The van der Waals surface area contributed by atoms with Gasteiger partial charge in [0.25, 0.3) is 0 Å². The van der Waals surface area contributed by atoms with Gasteiger partial charge in [-0.15, -0.1) is 11.3 Å². The lowest BCUT2D eigenvalue weighted by atomic mass is 10.2. The van der Waals surface area contributed by atoms with Crippen LogP contribution in [-0.4, -0.2) is 47.0 Å². The number of thiophene rings is 1. The van der Waals surface area contributed by atoms with Gasteiger partial charge in [-0.25, -0.2) is 4.79 Å². The quantitative estimate of drug-likeness (QED) is 0.922. The third-order valence-electron chi connectivity index (χ3n) is 3.86. The summed E-state index contributed by atoms with van der Waals surface area (Å²) in [5.74, 6) is 0. The topological polar surface area (TPSA) is 48.5 Å². The number of nitrogens with zero attached hydrogens (tertiary/aromatic N) is 3. The van der Waals surface area contributed by atoms with Crippen LogP contribution in [0.4, 0.5) is 4.79 Å². The van der Waals surface area contributed by atoms with Crippen molar-refractivity contribution in [2.75, 3.05) is 26.2 Å². The van der Waals surface area contributed by atoms with Gasteiger partial charge in [0.2, 0.25) is 0 Å². The molecule has 1 fully saturated rings. The van der Waals surface area contributed by atoms with Gasteiger partial charge in [-0.05, 0) is 29.8 Å². The largest absolute Gasteiger partial charge is 0.334 e. The number of hydrogen-bond acceptors (Lipinski definition) is 4. The first kappa shape index (κ1) is 16.2. The second kappa shape index (κ2) is 7.77.